The fourth-order valence-corrected chi connectivity index (χ4v) is 2.80. The van der Waals surface area contributed by atoms with Crippen LogP contribution < -0.4 is 4.90 Å². The zero-order valence-corrected chi connectivity index (χ0v) is 11.3. The number of carbonyl (C=O) groups is 1. The summed E-state index contributed by atoms with van der Waals surface area (Å²) in [5.41, 5.74) is 0.927. The lowest BCUT2D eigenvalue weighted by atomic mass is 10.2. The summed E-state index contributed by atoms with van der Waals surface area (Å²) >= 11 is 1.37. The number of rotatable bonds is 5. The SMILES string of the molecule is CC(C)CN(CC(=O)O)c1snc2ccccc12. The van der Waals surface area contributed by atoms with Crippen molar-refractivity contribution in [1.82, 2.24) is 4.37 Å². The van der Waals surface area contributed by atoms with Gasteiger partial charge in [0.1, 0.15) is 11.5 Å². The summed E-state index contributed by atoms with van der Waals surface area (Å²) in [6, 6.07) is 7.83. The van der Waals surface area contributed by atoms with E-state index in [4.69, 9.17) is 5.11 Å². The molecule has 0 amide bonds. The summed E-state index contributed by atoms with van der Waals surface area (Å²) in [5.74, 6) is -0.404. The second-order valence-electron chi connectivity index (χ2n) is 4.67. The molecular formula is C13H16N2O2S. The molecule has 0 saturated carbocycles. The summed E-state index contributed by atoms with van der Waals surface area (Å²) in [5, 5.41) is 11.0. The van der Waals surface area contributed by atoms with Crippen LogP contribution in [0.4, 0.5) is 5.00 Å². The molecule has 4 nitrogen and oxygen atoms in total. The molecule has 5 heteroatoms. The van der Waals surface area contributed by atoms with E-state index < -0.39 is 5.97 Å². The number of carboxylic acids is 1. The first-order chi connectivity index (χ1) is 8.58. The Bertz CT molecular complexity index is 551. The van der Waals surface area contributed by atoms with Crippen LogP contribution in [0.3, 0.4) is 0 Å². The molecule has 96 valence electrons. The second kappa shape index (κ2) is 5.35. The van der Waals surface area contributed by atoms with Crippen molar-refractivity contribution in [3.05, 3.63) is 24.3 Å². The van der Waals surface area contributed by atoms with E-state index in [2.05, 4.69) is 18.2 Å². The predicted molar refractivity (Wildman–Crippen MR) is 74.3 cm³/mol. The Morgan fingerprint density at radius 1 is 1.44 bits per heavy atom. The second-order valence-corrected chi connectivity index (χ2v) is 5.42. The minimum Gasteiger partial charge on any atom is -0.480 e. The highest BCUT2D eigenvalue weighted by molar-refractivity contribution is 7.11. The quantitative estimate of drug-likeness (QED) is 0.902. The fourth-order valence-electron chi connectivity index (χ4n) is 1.93. The molecule has 18 heavy (non-hydrogen) atoms. The zero-order valence-electron chi connectivity index (χ0n) is 10.5. The number of fused-ring (bicyclic) bond motifs is 1. The Kier molecular flexibility index (Phi) is 3.81. The maximum absolute atomic E-state index is 11.0. The molecule has 1 aromatic heterocycles. The average Bonchev–Trinajstić information content (AvgIpc) is 2.70. The van der Waals surface area contributed by atoms with Gasteiger partial charge < -0.3 is 10.0 Å². The third-order valence-electron chi connectivity index (χ3n) is 2.56. The van der Waals surface area contributed by atoms with Gasteiger partial charge in [-0.3, -0.25) is 4.79 Å². The number of carboxylic acid groups (broad SMARTS) is 1. The van der Waals surface area contributed by atoms with Crippen molar-refractivity contribution in [1.29, 1.82) is 0 Å². The molecule has 1 aromatic carbocycles. The van der Waals surface area contributed by atoms with Gasteiger partial charge in [-0.15, -0.1) is 0 Å². The molecule has 1 heterocycles. The molecule has 0 aliphatic carbocycles. The molecule has 0 spiro atoms. The lowest BCUT2D eigenvalue weighted by Gasteiger charge is -2.23. The monoisotopic (exact) mass is 264 g/mol. The molecule has 2 rings (SSSR count). The number of anilines is 1. The summed E-state index contributed by atoms with van der Waals surface area (Å²) in [6.07, 6.45) is 0. The van der Waals surface area contributed by atoms with Crippen molar-refractivity contribution in [2.45, 2.75) is 13.8 Å². The Morgan fingerprint density at radius 2 is 2.17 bits per heavy atom. The molecule has 0 atom stereocenters. The van der Waals surface area contributed by atoms with Crippen LogP contribution in [0, 0.1) is 5.92 Å². The molecule has 1 N–H and O–H groups in total. The van der Waals surface area contributed by atoms with E-state index in [1.165, 1.54) is 11.5 Å². The third kappa shape index (κ3) is 2.79. The molecule has 0 aliphatic heterocycles. The minimum absolute atomic E-state index is 0.0182. The Labute approximate surface area is 110 Å². The molecule has 0 fully saturated rings. The van der Waals surface area contributed by atoms with Gasteiger partial charge in [0.05, 0.1) is 5.52 Å². The van der Waals surface area contributed by atoms with Crippen LogP contribution in [0.25, 0.3) is 10.9 Å². The van der Waals surface area contributed by atoms with Gasteiger partial charge in [-0.05, 0) is 29.6 Å². The number of hydrogen-bond donors (Lipinski definition) is 1. The smallest absolute Gasteiger partial charge is 0.323 e. The van der Waals surface area contributed by atoms with Crippen LogP contribution >= 0.6 is 11.5 Å². The van der Waals surface area contributed by atoms with E-state index in [-0.39, 0.29) is 6.54 Å². The number of aliphatic carboxylic acids is 1. The topological polar surface area (TPSA) is 53.4 Å². The summed E-state index contributed by atoms with van der Waals surface area (Å²) in [6.45, 7) is 4.90. The molecular weight excluding hydrogens is 248 g/mol. The maximum atomic E-state index is 11.0. The minimum atomic E-state index is -0.812. The van der Waals surface area contributed by atoms with Gasteiger partial charge >= 0.3 is 5.97 Å². The van der Waals surface area contributed by atoms with Crippen molar-refractivity contribution in [2.24, 2.45) is 5.92 Å². The third-order valence-corrected chi connectivity index (χ3v) is 3.50. The number of hydrogen-bond acceptors (Lipinski definition) is 4. The maximum Gasteiger partial charge on any atom is 0.323 e. The van der Waals surface area contributed by atoms with E-state index in [1.807, 2.05) is 29.2 Å². The zero-order chi connectivity index (χ0) is 13.1. The van der Waals surface area contributed by atoms with Crippen LogP contribution in [0.15, 0.2) is 24.3 Å². The molecule has 0 aliphatic rings. The van der Waals surface area contributed by atoms with E-state index in [0.717, 1.165) is 22.4 Å². The molecule has 0 bridgehead atoms. The lowest BCUT2D eigenvalue weighted by Crippen LogP contribution is -2.32. The summed E-state index contributed by atoms with van der Waals surface area (Å²) in [7, 11) is 0. The molecule has 0 radical (unpaired) electrons. The molecule has 0 saturated heterocycles. The number of nitrogens with zero attached hydrogens (tertiary/aromatic N) is 2. The largest absolute Gasteiger partial charge is 0.480 e. The standard InChI is InChI=1S/C13H16N2O2S/c1-9(2)7-15(8-12(16)17)13-10-5-3-4-6-11(10)14-18-13/h3-6,9H,7-8H2,1-2H3,(H,16,17). The van der Waals surface area contributed by atoms with E-state index in [1.54, 1.807) is 0 Å². The van der Waals surface area contributed by atoms with Gasteiger partial charge in [0, 0.05) is 11.9 Å². The molecule has 2 aromatic rings. The first kappa shape index (κ1) is 12.8. The Balaban J connectivity index is 2.37. The van der Waals surface area contributed by atoms with Crippen LogP contribution in [-0.4, -0.2) is 28.5 Å². The number of aromatic nitrogens is 1. The normalized spacial score (nSPS) is 11.1. The van der Waals surface area contributed by atoms with Gasteiger partial charge in [0.2, 0.25) is 0 Å². The highest BCUT2D eigenvalue weighted by Gasteiger charge is 2.17. The molecule has 0 unspecified atom stereocenters. The van der Waals surface area contributed by atoms with E-state index in [0.29, 0.717) is 5.92 Å². The van der Waals surface area contributed by atoms with Crippen molar-refractivity contribution in [3.8, 4) is 0 Å². The van der Waals surface area contributed by atoms with Crippen molar-refractivity contribution in [3.63, 3.8) is 0 Å². The highest BCUT2D eigenvalue weighted by Crippen LogP contribution is 2.31. The van der Waals surface area contributed by atoms with Crippen LogP contribution in [0.1, 0.15) is 13.8 Å². The Morgan fingerprint density at radius 3 is 2.83 bits per heavy atom. The van der Waals surface area contributed by atoms with Crippen molar-refractivity contribution in [2.75, 3.05) is 18.0 Å². The van der Waals surface area contributed by atoms with Gasteiger partial charge in [-0.1, -0.05) is 26.0 Å². The summed E-state index contributed by atoms with van der Waals surface area (Å²) < 4.78 is 4.36. The predicted octanol–water partition coefficient (Wildman–Crippen LogP) is 2.84. The van der Waals surface area contributed by atoms with Crippen LogP contribution in [-0.2, 0) is 4.79 Å². The van der Waals surface area contributed by atoms with Gasteiger partial charge in [-0.2, -0.15) is 4.37 Å². The van der Waals surface area contributed by atoms with Crippen LogP contribution in [0.5, 0.6) is 0 Å². The first-order valence-corrected chi connectivity index (χ1v) is 6.66. The fraction of sp³-hybridized carbons (Fsp3) is 0.385. The van der Waals surface area contributed by atoms with Gasteiger partial charge in [-0.25, -0.2) is 0 Å². The Hall–Kier alpha value is -1.62. The van der Waals surface area contributed by atoms with Crippen molar-refractivity contribution >= 4 is 33.4 Å². The highest BCUT2D eigenvalue weighted by atomic mass is 32.1. The first-order valence-electron chi connectivity index (χ1n) is 5.89. The van der Waals surface area contributed by atoms with E-state index in [9.17, 15) is 4.79 Å². The average molecular weight is 264 g/mol. The summed E-state index contributed by atoms with van der Waals surface area (Å²) in [4.78, 5) is 12.9. The van der Waals surface area contributed by atoms with Gasteiger partial charge in [0.25, 0.3) is 0 Å². The van der Waals surface area contributed by atoms with Crippen molar-refractivity contribution < 1.29 is 9.90 Å². The number of benzene rings is 1. The lowest BCUT2D eigenvalue weighted by molar-refractivity contribution is -0.135. The van der Waals surface area contributed by atoms with E-state index >= 15 is 0 Å². The van der Waals surface area contributed by atoms with Gasteiger partial charge in [0.15, 0.2) is 0 Å². The van der Waals surface area contributed by atoms with Crippen LogP contribution in [0.2, 0.25) is 0 Å².